The lowest BCUT2D eigenvalue weighted by Crippen LogP contribution is -2.60. The van der Waals surface area contributed by atoms with Gasteiger partial charge in [-0.1, -0.05) is 166 Å². The number of carbonyl (C=O) groups excluding carboxylic acids is 11. The highest BCUT2D eigenvalue weighted by Gasteiger charge is 2.40. The summed E-state index contributed by atoms with van der Waals surface area (Å²) in [7, 11) is 0. The summed E-state index contributed by atoms with van der Waals surface area (Å²) in [6.45, 7) is 21.0. The van der Waals surface area contributed by atoms with Crippen LogP contribution in [0.15, 0.2) is 164 Å². The highest BCUT2D eigenvalue weighted by molar-refractivity contribution is 5.98. The van der Waals surface area contributed by atoms with Crippen molar-refractivity contribution in [2.75, 3.05) is 26.3 Å². The quantitative estimate of drug-likeness (QED) is 0.00983. The summed E-state index contributed by atoms with van der Waals surface area (Å²) in [5, 5.41) is 36.5. The van der Waals surface area contributed by atoms with Crippen molar-refractivity contribution in [1.82, 2.24) is 53.2 Å². The molecule has 116 heavy (non-hydrogen) atoms. The van der Waals surface area contributed by atoms with E-state index >= 15 is 4.79 Å². The van der Waals surface area contributed by atoms with E-state index in [0.29, 0.717) is 47.4 Å². The molecule has 8 atom stereocenters. The molecule has 0 heterocycles. The summed E-state index contributed by atoms with van der Waals surface area (Å²) in [6, 6.07) is 38.5. The van der Waals surface area contributed by atoms with Gasteiger partial charge in [-0.25, -0.2) is 9.59 Å². The first-order valence-corrected chi connectivity index (χ1v) is 39.4. The Bertz CT molecular complexity index is 4190. The molecule has 6 aromatic rings. The van der Waals surface area contributed by atoms with Crippen LogP contribution in [0.3, 0.4) is 0 Å². The fourth-order valence-electron chi connectivity index (χ4n) is 13.2. The summed E-state index contributed by atoms with van der Waals surface area (Å²) < 4.78 is 23.6. The monoisotopic (exact) mass is 1600 g/mol. The van der Waals surface area contributed by atoms with E-state index in [1.807, 2.05) is 160 Å². The Labute approximate surface area is 679 Å². The molecule has 0 aromatic heterocycles. The molecule has 0 fully saturated rings. The number of hydrogen-bond acceptors (Lipinski definition) is 17. The van der Waals surface area contributed by atoms with E-state index in [4.69, 9.17) is 24.7 Å². The van der Waals surface area contributed by atoms with Crippen LogP contribution in [0.4, 0.5) is 4.79 Å². The van der Waals surface area contributed by atoms with Gasteiger partial charge in [-0.3, -0.25) is 47.9 Å². The number of benzene rings is 6. The number of fused-ring (bicyclic) bond motifs is 3. The third kappa shape index (κ3) is 28.5. The number of ether oxygens (including phenoxy) is 4. The van der Waals surface area contributed by atoms with E-state index in [1.54, 1.807) is 79.7 Å². The maximum absolute atomic E-state index is 15.1. The molecular weight excluding hydrogens is 1480 g/mol. The first-order valence-electron chi connectivity index (χ1n) is 39.4. The topological polar surface area (TPSA) is 408 Å². The van der Waals surface area contributed by atoms with Crippen LogP contribution < -0.4 is 63.6 Å². The van der Waals surface area contributed by atoms with Gasteiger partial charge < -0.3 is 83.0 Å². The van der Waals surface area contributed by atoms with Gasteiger partial charge in [0, 0.05) is 25.2 Å². The number of aliphatic carboxylic acids is 1. The number of amides is 10. The number of esters is 1. The Morgan fingerprint density at radius 3 is 1.43 bits per heavy atom. The van der Waals surface area contributed by atoms with Crippen LogP contribution in [0.25, 0.3) is 11.1 Å². The lowest BCUT2D eigenvalue weighted by Gasteiger charge is -2.37. The Kier molecular flexibility index (Phi) is 33.8. The molecule has 0 saturated heterocycles. The molecule has 0 unspecified atom stereocenters. The highest BCUT2D eigenvalue weighted by atomic mass is 16.6. The van der Waals surface area contributed by atoms with Crippen LogP contribution in [0, 0.1) is 5.92 Å². The van der Waals surface area contributed by atoms with E-state index < -0.39 is 174 Å². The molecule has 0 spiro atoms. The summed E-state index contributed by atoms with van der Waals surface area (Å²) in [4.78, 5) is 170. The second kappa shape index (κ2) is 42.7. The SMILES string of the molecule is CC(C)C[C@H](NC(=O)[C@H](Cc1ccc(OC(C)(C)C)cc1)NC(=O)[C@H](COC(C)(C)C)NC(=O)OCC1c2ccccc2-c2ccccc21)C(=O)N[C@@H](CCC(=O)OC(C)(C)C)C(=O)NCC(=O)N[C@@H](CCC(=O)NC(c1ccccc1)(c1ccccc1)c1ccccc1)C(=O)N[C@@H](C)C(=O)N[C@@H](C)C(=O)N[C@@H](CCCCN)C(=O)O. The van der Waals surface area contributed by atoms with E-state index in [1.165, 1.54) is 13.8 Å². The molecule has 0 bridgehead atoms. The number of rotatable bonds is 41. The normalized spacial score (nSPS) is 14.1. The van der Waals surface area contributed by atoms with E-state index in [2.05, 4.69) is 53.2 Å². The second-order valence-corrected chi connectivity index (χ2v) is 32.4. The van der Waals surface area contributed by atoms with Gasteiger partial charge in [-0.15, -0.1) is 0 Å². The summed E-state index contributed by atoms with van der Waals surface area (Å²) in [6.07, 6.45) is -1.86. The van der Waals surface area contributed by atoms with Crippen LogP contribution in [0.5, 0.6) is 5.75 Å². The van der Waals surface area contributed by atoms with E-state index in [0.717, 1.165) is 22.3 Å². The average Bonchev–Trinajstić information content (AvgIpc) is 1.28. The Hall–Kier alpha value is -11.5. The maximum atomic E-state index is 15.1. The van der Waals surface area contributed by atoms with Crippen molar-refractivity contribution in [3.8, 4) is 16.9 Å². The number of carboxylic acids is 1. The van der Waals surface area contributed by atoms with Gasteiger partial charge in [0.1, 0.15) is 77.4 Å². The zero-order chi connectivity index (χ0) is 85.1. The predicted octanol–water partition coefficient (Wildman–Crippen LogP) is 7.95. The average molecular weight is 1600 g/mol. The van der Waals surface area contributed by atoms with E-state index in [9.17, 15) is 57.8 Å². The zero-order valence-corrected chi connectivity index (χ0v) is 68.6. The van der Waals surface area contributed by atoms with Crippen LogP contribution in [-0.4, -0.2) is 168 Å². The number of carbonyl (C=O) groups is 12. The van der Waals surface area contributed by atoms with Gasteiger partial charge in [0.05, 0.1) is 18.8 Å². The largest absolute Gasteiger partial charge is 0.488 e. The first kappa shape index (κ1) is 91.7. The zero-order valence-electron chi connectivity index (χ0n) is 68.6. The van der Waals surface area contributed by atoms with Crippen molar-refractivity contribution in [3.63, 3.8) is 0 Å². The summed E-state index contributed by atoms with van der Waals surface area (Å²) in [5.74, 6) is -10.0. The van der Waals surface area contributed by atoms with Gasteiger partial charge in [0.15, 0.2) is 0 Å². The third-order valence-corrected chi connectivity index (χ3v) is 18.8. The number of unbranched alkanes of at least 4 members (excludes halogenated alkanes) is 1. The van der Waals surface area contributed by atoms with Crippen LogP contribution in [0.1, 0.15) is 181 Å². The molecule has 28 heteroatoms. The van der Waals surface area contributed by atoms with Crippen molar-refractivity contribution < 1.29 is 81.6 Å². The standard InChI is InChI=1S/C88H115N11O17/c1-54(2)49-70(96-81(108)71(50-57-40-42-61(43-41-57)115-86(8,9)10)97-82(109)72(53-114-85(5,6)7)98-84(112)113-52-66-64-37-25-23-35-62(64)63-36-24-26-38-65(63)66)80(107)94-67(45-47-75(102)116-87(11,12)13)78(105)90-51-74(101)93-68(79(106)92-55(3)76(103)91-56(4)77(104)95-69(83(110)111)39-27-28-48-89)44-46-73(100)99-88(58-29-17-14-18-30-58,59-31-19-15-20-32-59)60-33-21-16-22-34-60/h14-26,29-38,40-43,54-56,66-72H,27-28,39,44-53,89H2,1-13H3,(H,90,105)(H,91,103)(H,92,106)(H,93,101)(H,94,107)(H,95,104)(H,96,108)(H,97,109)(H,98,112)(H,99,100)(H,110,111)/t55-,56-,67-,68-,69-,70-,71-,72-/m0/s1. The van der Waals surface area contributed by atoms with Gasteiger partial charge in [-0.2, -0.15) is 0 Å². The molecule has 0 saturated carbocycles. The van der Waals surface area contributed by atoms with Crippen LogP contribution in [0.2, 0.25) is 0 Å². The molecule has 10 amide bonds. The molecule has 1 aliphatic rings. The molecule has 13 N–H and O–H groups in total. The second-order valence-electron chi connectivity index (χ2n) is 32.4. The fourth-order valence-corrected chi connectivity index (χ4v) is 13.2. The van der Waals surface area contributed by atoms with Crippen LogP contribution in [-0.2, 0) is 78.9 Å². The van der Waals surface area contributed by atoms with Gasteiger partial charge in [0.25, 0.3) is 0 Å². The minimum absolute atomic E-state index is 0.0453. The highest BCUT2D eigenvalue weighted by Crippen LogP contribution is 2.45. The smallest absolute Gasteiger partial charge is 0.407 e. The molecular formula is C88H115N11O17. The van der Waals surface area contributed by atoms with Crippen molar-refractivity contribution >= 4 is 71.2 Å². The maximum Gasteiger partial charge on any atom is 0.407 e. The number of alkyl carbamates (subject to hydrolysis) is 1. The summed E-state index contributed by atoms with van der Waals surface area (Å²) >= 11 is 0. The van der Waals surface area contributed by atoms with Crippen molar-refractivity contribution in [2.45, 2.75) is 224 Å². The molecule has 28 nitrogen and oxygen atoms in total. The molecule has 0 radical (unpaired) electrons. The first-order chi connectivity index (χ1) is 54.8. The minimum Gasteiger partial charge on any atom is -0.488 e. The third-order valence-electron chi connectivity index (χ3n) is 18.8. The lowest BCUT2D eigenvalue weighted by molar-refractivity contribution is -0.155. The minimum atomic E-state index is -1.62. The van der Waals surface area contributed by atoms with Gasteiger partial charge in [-0.05, 0) is 184 Å². The van der Waals surface area contributed by atoms with Crippen molar-refractivity contribution in [3.05, 3.63) is 197 Å². The molecule has 0 aliphatic heterocycles. The number of nitrogens with two attached hydrogens (primary N) is 1. The number of nitrogens with one attached hydrogen (secondary N) is 10. The summed E-state index contributed by atoms with van der Waals surface area (Å²) in [5.41, 5.74) is 8.48. The Morgan fingerprint density at radius 2 is 0.914 bits per heavy atom. The van der Waals surface area contributed by atoms with Crippen molar-refractivity contribution in [1.29, 1.82) is 0 Å². The van der Waals surface area contributed by atoms with Gasteiger partial charge in [0.2, 0.25) is 53.2 Å². The van der Waals surface area contributed by atoms with Crippen LogP contribution >= 0.6 is 0 Å². The molecule has 624 valence electrons. The fraction of sp³-hybridized carbons (Fsp3) is 0.455. The Morgan fingerprint density at radius 1 is 0.448 bits per heavy atom. The molecule has 1 aliphatic carbocycles. The van der Waals surface area contributed by atoms with Gasteiger partial charge >= 0.3 is 18.0 Å². The lowest BCUT2D eigenvalue weighted by atomic mass is 9.77. The predicted molar refractivity (Wildman–Crippen MR) is 438 cm³/mol. The van der Waals surface area contributed by atoms with Crippen molar-refractivity contribution in [2.24, 2.45) is 11.7 Å². The molecule has 7 rings (SSSR count). The number of carboxylic acid groups (broad SMARTS) is 1. The van der Waals surface area contributed by atoms with E-state index in [-0.39, 0.29) is 44.3 Å². The molecule has 6 aromatic carbocycles. The Balaban J connectivity index is 1.13. The number of hydrogen-bond donors (Lipinski definition) is 12.